The smallest absolute Gasteiger partial charge is 0.247 e. The minimum absolute atomic E-state index is 0.440. The lowest BCUT2D eigenvalue weighted by molar-refractivity contribution is 0.217. The number of hydrogen-bond acceptors (Lipinski definition) is 7. The van der Waals surface area contributed by atoms with Gasteiger partial charge in [0, 0.05) is 17.0 Å². The second-order valence-corrected chi connectivity index (χ2v) is 6.99. The van der Waals surface area contributed by atoms with E-state index in [0.29, 0.717) is 29.1 Å². The van der Waals surface area contributed by atoms with Crippen LogP contribution in [0.5, 0.6) is 11.6 Å². The van der Waals surface area contributed by atoms with E-state index in [1.807, 2.05) is 55.5 Å². The van der Waals surface area contributed by atoms with Crippen molar-refractivity contribution < 1.29 is 9.47 Å². The van der Waals surface area contributed by atoms with Crippen LogP contribution in [0.3, 0.4) is 0 Å². The van der Waals surface area contributed by atoms with Gasteiger partial charge in [-0.3, -0.25) is 0 Å². The van der Waals surface area contributed by atoms with E-state index in [4.69, 9.17) is 9.47 Å². The Labute approximate surface area is 168 Å². The molecule has 1 aromatic heterocycles. The molecule has 28 heavy (non-hydrogen) atoms. The van der Waals surface area contributed by atoms with Crippen LogP contribution in [0.2, 0.25) is 0 Å². The second-order valence-electron chi connectivity index (χ2n) is 6.01. The van der Waals surface area contributed by atoms with E-state index >= 15 is 0 Å². The molecule has 3 aromatic rings. The third kappa shape index (κ3) is 3.66. The molecule has 0 spiro atoms. The summed E-state index contributed by atoms with van der Waals surface area (Å²) in [5, 5.41) is 12.6. The Hall–Kier alpha value is -3.06. The summed E-state index contributed by atoms with van der Waals surface area (Å²) < 4.78 is 12.1. The Morgan fingerprint density at radius 3 is 2.86 bits per heavy atom. The van der Waals surface area contributed by atoms with Gasteiger partial charge in [-0.25, -0.2) is 0 Å². The molecule has 0 aliphatic carbocycles. The van der Waals surface area contributed by atoms with Gasteiger partial charge in [0.25, 0.3) is 0 Å². The number of nitrogens with zero attached hydrogens (tertiary/aromatic N) is 3. The Balaban J connectivity index is 1.80. The normalized spacial score (nSPS) is 14.7. The maximum absolute atomic E-state index is 6.29. The fraction of sp³-hybridized carbons (Fsp3) is 0.190. The van der Waals surface area contributed by atoms with Crippen LogP contribution in [0.1, 0.15) is 18.7 Å². The van der Waals surface area contributed by atoms with Crippen LogP contribution >= 0.6 is 11.8 Å². The van der Waals surface area contributed by atoms with Gasteiger partial charge in [0.2, 0.25) is 17.3 Å². The van der Waals surface area contributed by atoms with E-state index in [0.717, 1.165) is 22.6 Å². The molecule has 4 rings (SSSR count). The first-order chi connectivity index (χ1) is 13.8. The SMILES string of the molecule is C=CCSc1nnc2c(n1)O[C@H](c1ccccc1OCC)Nc1ccccc1-2. The quantitative estimate of drug-likeness (QED) is 0.481. The van der Waals surface area contributed by atoms with Gasteiger partial charge in [-0.05, 0) is 25.1 Å². The summed E-state index contributed by atoms with van der Waals surface area (Å²) >= 11 is 1.46. The highest BCUT2D eigenvalue weighted by atomic mass is 32.2. The van der Waals surface area contributed by atoms with Crippen molar-refractivity contribution in [3.8, 4) is 22.9 Å². The molecule has 1 N–H and O–H groups in total. The van der Waals surface area contributed by atoms with Crippen LogP contribution in [0.25, 0.3) is 11.3 Å². The maximum Gasteiger partial charge on any atom is 0.247 e. The lowest BCUT2D eigenvalue weighted by Gasteiger charge is -2.21. The van der Waals surface area contributed by atoms with Crippen molar-refractivity contribution in [2.75, 3.05) is 17.7 Å². The van der Waals surface area contributed by atoms with Crippen molar-refractivity contribution in [3.63, 3.8) is 0 Å². The van der Waals surface area contributed by atoms with E-state index in [-0.39, 0.29) is 0 Å². The van der Waals surface area contributed by atoms with Crippen LogP contribution in [0.4, 0.5) is 5.69 Å². The van der Waals surface area contributed by atoms with E-state index < -0.39 is 6.23 Å². The fourth-order valence-electron chi connectivity index (χ4n) is 2.97. The molecule has 1 atom stereocenters. The minimum atomic E-state index is -0.473. The predicted molar refractivity (Wildman–Crippen MR) is 111 cm³/mol. The topological polar surface area (TPSA) is 69.2 Å². The fourth-order valence-corrected chi connectivity index (χ4v) is 3.48. The van der Waals surface area contributed by atoms with Gasteiger partial charge < -0.3 is 14.8 Å². The van der Waals surface area contributed by atoms with Crippen LogP contribution in [-0.4, -0.2) is 27.5 Å². The Morgan fingerprint density at radius 2 is 2.00 bits per heavy atom. The van der Waals surface area contributed by atoms with Gasteiger partial charge in [-0.2, -0.15) is 4.98 Å². The minimum Gasteiger partial charge on any atom is -0.493 e. The van der Waals surface area contributed by atoms with Crippen molar-refractivity contribution in [3.05, 3.63) is 66.7 Å². The number of benzene rings is 2. The largest absolute Gasteiger partial charge is 0.493 e. The Bertz CT molecular complexity index is 996. The predicted octanol–water partition coefficient (Wildman–Crippen LogP) is 4.72. The first-order valence-electron chi connectivity index (χ1n) is 9.03. The molecule has 0 unspecified atom stereocenters. The van der Waals surface area contributed by atoms with E-state index in [1.165, 1.54) is 11.8 Å². The summed E-state index contributed by atoms with van der Waals surface area (Å²) in [6.07, 6.45) is 1.33. The Kier molecular flexibility index (Phi) is 5.43. The number of hydrogen-bond donors (Lipinski definition) is 1. The lowest BCUT2D eigenvalue weighted by atomic mass is 10.1. The van der Waals surface area contributed by atoms with Crippen molar-refractivity contribution in [2.24, 2.45) is 0 Å². The first-order valence-corrected chi connectivity index (χ1v) is 10.0. The number of para-hydroxylation sites is 2. The highest BCUT2D eigenvalue weighted by Crippen LogP contribution is 2.40. The van der Waals surface area contributed by atoms with Crippen LogP contribution in [0, 0.1) is 0 Å². The van der Waals surface area contributed by atoms with E-state index in [1.54, 1.807) is 6.08 Å². The molecule has 0 bridgehead atoms. The number of ether oxygens (including phenoxy) is 2. The molecular weight excluding hydrogens is 372 g/mol. The molecule has 1 aliphatic heterocycles. The number of aromatic nitrogens is 3. The summed E-state index contributed by atoms with van der Waals surface area (Å²) in [4.78, 5) is 4.60. The van der Waals surface area contributed by atoms with Crippen LogP contribution < -0.4 is 14.8 Å². The molecule has 6 nitrogen and oxygen atoms in total. The Morgan fingerprint density at radius 1 is 1.18 bits per heavy atom. The zero-order valence-electron chi connectivity index (χ0n) is 15.5. The summed E-state index contributed by atoms with van der Waals surface area (Å²) in [5.41, 5.74) is 3.31. The lowest BCUT2D eigenvalue weighted by Crippen LogP contribution is -2.18. The molecule has 2 heterocycles. The number of thioether (sulfide) groups is 1. The molecule has 7 heteroatoms. The average Bonchev–Trinajstić information content (AvgIpc) is 2.89. The molecule has 0 saturated heterocycles. The first kappa shape index (κ1) is 18.3. The highest BCUT2D eigenvalue weighted by molar-refractivity contribution is 7.99. The van der Waals surface area contributed by atoms with Crippen molar-refractivity contribution >= 4 is 17.4 Å². The molecule has 1 aliphatic rings. The van der Waals surface area contributed by atoms with Crippen molar-refractivity contribution in [2.45, 2.75) is 18.3 Å². The molecule has 0 saturated carbocycles. The van der Waals surface area contributed by atoms with Crippen molar-refractivity contribution in [1.82, 2.24) is 15.2 Å². The van der Waals surface area contributed by atoms with E-state index in [9.17, 15) is 0 Å². The number of rotatable bonds is 6. The molecule has 0 amide bonds. The molecular formula is C21H20N4O2S. The van der Waals surface area contributed by atoms with Gasteiger partial charge in [0.05, 0.1) is 12.2 Å². The highest BCUT2D eigenvalue weighted by Gasteiger charge is 2.27. The molecule has 2 aromatic carbocycles. The third-order valence-electron chi connectivity index (χ3n) is 4.17. The van der Waals surface area contributed by atoms with Crippen molar-refractivity contribution in [1.29, 1.82) is 0 Å². The summed E-state index contributed by atoms with van der Waals surface area (Å²) in [6.45, 7) is 6.27. The molecule has 0 radical (unpaired) electrons. The number of nitrogens with one attached hydrogen (secondary N) is 1. The third-order valence-corrected chi connectivity index (χ3v) is 5.00. The average molecular weight is 392 g/mol. The summed E-state index contributed by atoms with van der Waals surface area (Å²) in [5.74, 6) is 1.91. The van der Waals surface area contributed by atoms with Gasteiger partial charge >= 0.3 is 0 Å². The second kappa shape index (κ2) is 8.31. The number of fused-ring (bicyclic) bond motifs is 3. The van der Waals surface area contributed by atoms with Gasteiger partial charge in [-0.15, -0.1) is 16.8 Å². The van der Waals surface area contributed by atoms with Crippen LogP contribution in [0.15, 0.2) is 66.3 Å². The van der Waals surface area contributed by atoms with Crippen LogP contribution in [-0.2, 0) is 0 Å². The maximum atomic E-state index is 6.29. The zero-order valence-corrected chi connectivity index (χ0v) is 16.3. The van der Waals surface area contributed by atoms with Gasteiger partial charge in [0.1, 0.15) is 5.75 Å². The zero-order chi connectivity index (χ0) is 19.3. The molecule has 142 valence electrons. The van der Waals surface area contributed by atoms with Gasteiger partial charge in [0.15, 0.2) is 5.69 Å². The number of anilines is 1. The summed E-state index contributed by atoms with van der Waals surface area (Å²) in [7, 11) is 0. The monoisotopic (exact) mass is 392 g/mol. The van der Waals surface area contributed by atoms with Gasteiger partial charge in [-0.1, -0.05) is 48.2 Å². The summed E-state index contributed by atoms with van der Waals surface area (Å²) in [6, 6.07) is 15.7. The van der Waals surface area contributed by atoms with E-state index in [2.05, 4.69) is 27.1 Å². The standard InChI is InChI=1S/C21H20N4O2S/c1-3-13-28-21-23-20-18(24-25-21)14-9-5-7-11-16(14)22-19(27-20)15-10-6-8-12-17(15)26-4-2/h3,5-12,19,22H,1,4,13H2,2H3/t19-/m1/s1. The molecule has 0 fully saturated rings.